The van der Waals surface area contributed by atoms with Crippen molar-refractivity contribution in [1.82, 2.24) is 10.2 Å². The molecule has 0 radical (unpaired) electrons. The molecule has 2 N–H and O–H groups in total. The van der Waals surface area contributed by atoms with Crippen LogP contribution in [-0.2, 0) is 13.0 Å². The van der Waals surface area contributed by atoms with Gasteiger partial charge < -0.3 is 14.9 Å². The Morgan fingerprint density at radius 1 is 1.21 bits per heavy atom. The second-order valence-electron chi connectivity index (χ2n) is 3.85. The lowest BCUT2D eigenvalue weighted by molar-refractivity contribution is 0.248. The van der Waals surface area contributed by atoms with Crippen molar-refractivity contribution in [2.24, 2.45) is 5.73 Å². The number of hydrogen-bond donors (Lipinski definition) is 1. The van der Waals surface area contributed by atoms with Crippen LogP contribution in [0, 0.1) is 11.6 Å². The zero-order valence-electron chi connectivity index (χ0n) is 10.1. The van der Waals surface area contributed by atoms with E-state index in [0.717, 1.165) is 18.6 Å². The van der Waals surface area contributed by atoms with E-state index in [1.165, 1.54) is 6.07 Å². The third-order valence-corrected chi connectivity index (χ3v) is 2.35. The Balaban J connectivity index is 1.92. The highest BCUT2D eigenvalue weighted by atomic mass is 19.1. The Morgan fingerprint density at radius 3 is 2.74 bits per heavy atom. The minimum Gasteiger partial charge on any atom is -0.481 e. The summed E-state index contributed by atoms with van der Waals surface area (Å²) in [5, 5.41) is 7.55. The van der Waals surface area contributed by atoms with Crippen molar-refractivity contribution in [2.45, 2.75) is 19.4 Å². The molecule has 0 aliphatic rings. The Bertz CT molecular complexity index is 546. The highest BCUT2D eigenvalue weighted by Gasteiger charge is 2.09. The molecule has 0 unspecified atom stereocenters. The van der Waals surface area contributed by atoms with Gasteiger partial charge in [-0.25, -0.2) is 8.78 Å². The van der Waals surface area contributed by atoms with E-state index in [0.29, 0.717) is 18.9 Å². The molecule has 0 saturated carbocycles. The van der Waals surface area contributed by atoms with Gasteiger partial charge in [0.15, 0.2) is 18.2 Å². The molecule has 7 heteroatoms. The number of aryl methyl sites for hydroxylation is 1. The van der Waals surface area contributed by atoms with Crippen molar-refractivity contribution in [1.29, 1.82) is 0 Å². The first-order chi connectivity index (χ1) is 9.19. The monoisotopic (exact) mass is 269 g/mol. The normalized spacial score (nSPS) is 10.7. The fourth-order valence-corrected chi connectivity index (χ4v) is 1.43. The zero-order chi connectivity index (χ0) is 13.7. The van der Waals surface area contributed by atoms with E-state index in [1.54, 1.807) is 0 Å². The maximum Gasteiger partial charge on any atom is 0.253 e. The van der Waals surface area contributed by atoms with Gasteiger partial charge in [-0.3, -0.25) is 0 Å². The number of hydrogen-bond acceptors (Lipinski definition) is 5. The standard InChI is InChI=1S/C12H13F2N3O2/c13-8-3-4-10(9(14)6-8)18-7-12-17-16-11(19-12)2-1-5-15/h3-4,6H,1-2,5,7,15H2. The molecule has 2 aromatic rings. The van der Waals surface area contributed by atoms with E-state index >= 15 is 0 Å². The Kier molecular flexibility index (Phi) is 4.40. The molecule has 2 rings (SSSR count). The summed E-state index contributed by atoms with van der Waals surface area (Å²) in [6.07, 6.45) is 1.34. The van der Waals surface area contributed by atoms with Gasteiger partial charge in [0.2, 0.25) is 5.89 Å². The number of halogens is 2. The summed E-state index contributed by atoms with van der Waals surface area (Å²) in [7, 11) is 0. The van der Waals surface area contributed by atoms with Crippen LogP contribution < -0.4 is 10.5 Å². The molecule has 0 saturated heterocycles. The number of benzene rings is 1. The van der Waals surface area contributed by atoms with Gasteiger partial charge in [-0.15, -0.1) is 10.2 Å². The third-order valence-electron chi connectivity index (χ3n) is 2.35. The smallest absolute Gasteiger partial charge is 0.253 e. The van der Waals surface area contributed by atoms with E-state index < -0.39 is 11.6 Å². The molecule has 0 spiro atoms. The Labute approximate surface area is 108 Å². The Hall–Kier alpha value is -2.02. The highest BCUT2D eigenvalue weighted by Crippen LogP contribution is 2.18. The number of aromatic nitrogens is 2. The zero-order valence-corrected chi connectivity index (χ0v) is 10.1. The summed E-state index contributed by atoms with van der Waals surface area (Å²) in [4.78, 5) is 0. The van der Waals surface area contributed by atoms with Crippen LogP contribution in [0.15, 0.2) is 22.6 Å². The minimum atomic E-state index is -0.775. The fourth-order valence-electron chi connectivity index (χ4n) is 1.43. The minimum absolute atomic E-state index is 0.0666. The van der Waals surface area contributed by atoms with E-state index in [2.05, 4.69) is 10.2 Å². The van der Waals surface area contributed by atoms with Gasteiger partial charge in [0.05, 0.1) is 0 Å². The first-order valence-corrected chi connectivity index (χ1v) is 5.78. The van der Waals surface area contributed by atoms with Crippen LogP contribution in [0.25, 0.3) is 0 Å². The summed E-state index contributed by atoms with van der Waals surface area (Å²) in [5.74, 6) is -0.808. The molecule has 1 aromatic heterocycles. The first kappa shape index (κ1) is 13.4. The number of nitrogens with two attached hydrogens (primary N) is 1. The molecule has 19 heavy (non-hydrogen) atoms. The second-order valence-corrected chi connectivity index (χ2v) is 3.85. The van der Waals surface area contributed by atoms with Crippen molar-refractivity contribution in [3.8, 4) is 5.75 Å². The van der Waals surface area contributed by atoms with E-state index in [-0.39, 0.29) is 18.2 Å². The molecule has 0 bridgehead atoms. The van der Waals surface area contributed by atoms with Gasteiger partial charge in [-0.05, 0) is 25.1 Å². The van der Waals surface area contributed by atoms with Crippen molar-refractivity contribution in [3.05, 3.63) is 41.6 Å². The predicted octanol–water partition coefficient (Wildman–Crippen LogP) is 1.82. The van der Waals surface area contributed by atoms with E-state index in [4.69, 9.17) is 14.9 Å². The van der Waals surface area contributed by atoms with Crippen molar-refractivity contribution < 1.29 is 17.9 Å². The molecule has 0 atom stereocenters. The van der Waals surface area contributed by atoms with Crippen LogP contribution in [0.2, 0.25) is 0 Å². The fraction of sp³-hybridized carbons (Fsp3) is 0.333. The maximum atomic E-state index is 13.3. The Morgan fingerprint density at radius 2 is 2.00 bits per heavy atom. The van der Waals surface area contributed by atoms with Crippen LogP contribution in [0.1, 0.15) is 18.2 Å². The summed E-state index contributed by atoms with van der Waals surface area (Å²) in [5.41, 5.74) is 5.36. The van der Waals surface area contributed by atoms with Crippen LogP contribution >= 0.6 is 0 Å². The summed E-state index contributed by atoms with van der Waals surface area (Å²) >= 11 is 0. The third kappa shape index (κ3) is 3.72. The summed E-state index contributed by atoms with van der Waals surface area (Å²) in [6.45, 7) is 0.465. The van der Waals surface area contributed by atoms with Crippen molar-refractivity contribution in [3.63, 3.8) is 0 Å². The lowest BCUT2D eigenvalue weighted by Gasteiger charge is -2.04. The van der Waals surface area contributed by atoms with Gasteiger partial charge >= 0.3 is 0 Å². The van der Waals surface area contributed by atoms with Gasteiger partial charge in [-0.2, -0.15) is 0 Å². The molecular weight excluding hydrogens is 256 g/mol. The summed E-state index contributed by atoms with van der Waals surface area (Å²) < 4.78 is 36.4. The van der Waals surface area contributed by atoms with Gasteiger partial charge in [0.1, 0.15) is 5.82 Å². The van der Waals surface area contributed by atoms with Crippen LogP contribution in [0.4, 0.5) is 8.78 Å². The summed E-state index contributed by atoms with van der Waals surface area (Å²) in [6, 6.07) is 3.06. The highest BCUT2D eigenvalue weighted by molar-refractivity contribution is 5.24. The average molecular weight is 269 g/mol. The SMILES string of the molecule is NCCCc1nnc(COc2ccc(F)cc2F)o1. The van der Waals surface area contributed by atoms with E-state index in [1.807, 2.05) is 0 Å². The molecule has 1 heterocycles. The lowest BCUT2D eigenvalue weighted by atomic mass is 10.3. The lowest BCUT2D eigenvalue weighted by Crippen LogP contribution is -2.00. The van der Waals surface area contributed by atoms with E-state index in [9.17, 15) is 8.78 Å². The largest absolute Gasteiger partial charge is 0.481 e. The molecular formula is C12H13F2N3O2. The number of rotatable bonds is 6. The molecule has 0 aliphatic heterocycles. The van der Waals surface area contributed by atoms with Crippen LogP contribution in [-0.4, -0.2) is 16.7 Å². The molecule has 5 nitrogen and oxygen atoms in total. The van der Waals surface area contributed by atoms with Gasteiger partial charge in [0.25, 0.3) is 5.89 Å². The first-order valence-electron chi connectivity index (χ1n) is 5.78. The second kappa shape index (κ2) is 6.24. The topological polar surface area (TPSA) is 74.2 Å². The molecule has 0 fully saturated rings. The van der Waals surface area contributed by atoms with Crippen LogP contribution in [0.3, 0.4) is 0 Å². The molecule has 0 amide bonds. The predicted molar refractivity (Wildman–Crippen MR) is 62.4 cm³/mol. The van der Waals surface area contributed by atoms with Crippen molar-refractivity contribution in [2.75, 3.05) is 6.54 Å². The van der Waals surface area contributed by atoms with Crippen molar-refractivity contribution >= 4 is 0 Å². The number of nitrogens with zero attached hydrogens (tertiary/aromatic N) is 2. The van der Waals surface area contributed by atoms with Gasteiger partial charge in [-0.1, -0.05) is 0 Å². The molecule has 1 aromatic carbocycles. The maximum absolute atomic E-state index is 13.3. The van der Waals surface area contributed by atoms with Gasteiger partial charge in [0, 0.05) is 12.5 Å². The average Bonchev–Trinajstić information content (AvgIpc) is 2.83. The number of ether oxygens (including phenoxy) is 1. The van der Waals surface area contributed by atoms with Crippen LogP contribution in [0.5, 0.6) is 5.75 Å². The molecule has 102 valence electrons. The molecule has 0 aliphatic carbocycles. The quantitative estimate of drug-likeness (QED) is 0.865.